The van der Waals surface area contributed by atoms with Crippen molar-refractivity contribution in [2.24, 2.45) is 5.73 Å². The molecule has 0 saturated carbocycles. The first kappa shape index (κ1) is 9.54. The normalized spacial score (nSPS) is 9.62. The second-order valence-corrected chi connectivity index (χ2v) is 2.65. The van der Waals surface area contributed by atoms with Crippen LogP contribution >= 0.6 is 0 Å². The molecule has 4 N–H and O–H groups in total. The molecule has 0 atom stereocenters. The van der Waals surface area contributed by atoms with Gasteiger partial charge in [-0.3, -0.25) is 4.79 Å². The lowest BCUT2D eigenvalue weighted by Gasteiger charge is -2.03. The van der Waals surface area contributed by atoms with Crippen LogP contribution in [0.1, 0.15) is 5.56 Å². The monoisotopic (exact) mass is 180 g/mol. The Kier molecular flexibility index (Phi) is 3.28. The average molecular weight is 180 g/mol. The van der Waals surface area contributed by atoms with Gasteiger partial charge in [-0.1, -0.05) is 12.1 Å². The van der Waals surface area contributed by atoms with Crippen LogP contribution in [0.4, 0.5) is 5.69 Å². The third kappa shape index (κ3) is 3.13. The second-order valence-electron chi connectivity index (χ2n) is 2.65. The summed E-state index contributed by atoms with van der Waals surface area (Å²) in [5.74, 6) is -0.872. The van der Waals surface area contributed by atoms with Crippen molar-refractivity contribution in [3.05, 3.63) is 29.8 Å². The number of nitrogens with two attached hydrogens (primary N) is 1. The summed E-state index contributed by atoms with van der Waals surface area (Å²) < 4.78 is 0. The van der Waals surface area contributed by atoms with E-state index in [0.29, 0.717) is 6.54 Å². The Balaban J connectivity index is 2.54. The van der Waals surface area contributed by atoms with E-state index in [9.17, 15) is 4.79 Å². The highest BCUT2D eigenvalue weighted by atomic mass is 16.4. The van der Waals surface area contributed by atoms with E-state index < -0.39 is 5.97 Å². The second kappa shape index (κ2) is 4.47. The number of carboxylic acids is 1. The number of nitrogens with one attached hydrogen (secondary N) is 1. The van der Waals surface area contributed by atoms with Gasteiger partial charge in [0.05, 0.1) is 0 Å². The molecule has 4 nitrogen and oxygen atoms in total. The molecule has 0 unspecified atom stereocenters. The molecule has 0 heterocycles. The molecule has 1 rings (SSSR count). The Morgan fingerprint density at radius 3 is 2.46 bits per heavy atom. The van der Waals surface area contributed by atoms with Crippen molar-refractivity contribution in [3.8, 4) is 0 Å². The van der Waals surface area contributed by atoms with Crippen LogP contribution in [0.5, 0.6) is 0 Å². The predicted octanol–water partition coefficient (Wildman–Crippen LogP) is 0.642. The van der Waals surface area contributed by atoms with Crippen molar-refractivity contribution in [1.29, 1.82) is 0 Å². The van der Waals surface area contributed by atoms with Crippen LogP contribution < -0.4 is 11.1 Å². The van der Waals surface area contributed by atoms with Gasteiger partial charge in [0.25, 0.3) is 0 Å². The van der Waals surface area contributed by atoms with Crippen LogP contribution in [0.2, 0.25) is 0 Å². The quantitative estimate of drug-likeness (QED) is 0.635. The molecule has 0 aliphatic rings. The molecule has 4 heteroatoms. The largest absolute Gasteiger partial charge is 0.480 e. The van der Waals surface area contributed by atoms with E-state index in [-0.39, 0.29) is 6.54 Å². The lowest BCUT2D eigenvalue weighted by atomic mass is 10.2. The van der Waals surface area contributed by atoms with E-state index in [2.05, 4.69) is 5.32 Å². The zero-order valence-electron chi connectivity index (χ0n) is 7.16. The summed E-state index contributed by atoms with van der Waals surface area (Å²) in [6, 6.07) is 7.35. The Labute approximate surface area is 76.4 Å². The number of anilines is 1. The molecule has 0 amide bonds. The molecular formula is C9H12N2O2. The minimum absolute atomic E-state index is 0.0675. The van der Waals surface area contributed by atoms with E-state index in [4.69, 9.17) is 10.8 Å². The van der Waals surface area contributed by atoms with Crippen molar-refractivity contribution in [2.45, 2.75) is 6.54 Å². The fraction of sp³-hybridized carbons (Fsp3) is 0.222. The van der Waals surface area contributed by atoms with Crippen molar-refractivity contribution in [3.63, 3.8) is 0 Å². The van der Waals surface area contributed by atoms with E-state index in [1.54, 1.807) is 0 Å². The van der Waals surface area contributed by atoms with Gasteiger partial charge in [0.15, 0.2) is 0 Å². The number of carboxylic acid groups (broad SMARTS) is 1. The molecule has 13 heavy (non-hydrogen) atoms. The average Bonchev–Trinajstić information content (AvgIpc) is 2.15. The van der Waals surface area contributed by atoms with Gasteiger partial charge in [0.1, 0.15) is 6.54 Å². The number of benzene rings is 1. The number of hydrogen-bond acceptors (Lipinski definition) is 3. The van der Waals surface area contributed by atoms with Crippen LogP contribution in [0, 0.1) is 0 Å². The predicted molar refractivity (Wildman–Crippen MR) is 50.5 cm³/mol. The zero-order valence-corrected chi connectivity index (χ0v) is 7.16. The zero-order chi connectivity index (χ0) is 9.68. The van der Waals surface area contributed by atoms with Crippen molar-refractivity contribution < 1.29 is 9.90 Å². The molecule has 0 aromatic heterocycles. The first-order chi connectivity index (χ1) is 6.22. The lowest BCUT2D eigenvalue weighted by Crippen LogP contribution is -2.12. The van der Waals surface area contributed by atoms with Gasteiger partial charge in [-0.25, -0.2) is 0 Å². The van der Waals surface area contributed by atoms with Gasteiger partial charge >= 0.3 is 5.97 Å². The number of carbonyl (C=O) groups is 1. The Bertz CT molecular complexity index is 282. The van der Waals surface area contributed by atoms with Crippen LogP contribution in [0.3, 0.4) is 0 Å². The number of hydrogen-bond donors (Lipinski definition) is 3. The Hall–Kier alpha value is -1.55. The number of rotatable bonds is 4. The summed E-state index contributed by atoms with van der Waals surface area (Å²) in [5, 5.41) is 11.1. The maximum Gasteiger partial charge on any atom is 0.322 e. The summed E-state index contributed by atoms with van der Waals surface area (Å²) >= 11 is 0. The number of aliphatic carboxylic acids is 1. The van der Waals surface area contributed by atoms with Crippen molar-refractivity contribution >= 4 is 11.7 Å². The summed E-state index contributed by atoms with van der Waals surface area (Å²) in [7, 11) is 0. The molecule has 0 aliphatic heterocycles. The molecule has 0 bridgehead atoms. The molecule has 0 radical (unpaired) electrons. The lowest BCUT2D eigenvalue weighted by molar-refractivity contribution is -0.134. The van der Waals surface area contributed by atoms with Gasteiger partial charge in [-0.2, -0.15) is 0 Å². The van der Waals surface area contributed by atoms with Crippen molar-refractivity contribution in [2.75, 3.05) is 11.9 Å². The molecule has 0 fully saturated rings. The standard InChI is InChI=1S/C9H12N2O2/c10-5-7-1-3-8(4-2-7)11-6-9(12)13/h1-4,11H,5-6,10H2,(H,12,13). The van der Waals surface area contributed by atoms with Crippen LogP contribution in [-0.2, 0) is 11.3 Å². The minimum atomic E-state index is -0.872. The Morgan fingerprint density at radius 2 is 2.00 bits per heavy atom. The van der Waals surface area contributed by atoms with Crippen LogP contribution in [0.25, 0.3) is 0 Å². The smallest absolute Gasteiger partial charge is 0.322 e. The van der Waals surface area contributed by atoms with Gasteiger partial charge < -0.3 is 16.2 Å². The molecular weight excluding hydrogens is 168 g/mol. The van der Waals surface area contributed by atoms with Gasteiger partial charge in [-0.15, -0.1) is 0 Å². The third-order valence-electron chi connectivity index (χ3n) is 1.63. The highest BCUT2D eigenvalue weighted by Crippen LogP contribution is 2.08. The maximum atomic E-state index is 10.2. The highest BCUT2D eigenvalue weighted by Gasteiger charge is 1.96. The molecule has 70 valence electrons. The van der Waals surface area contributed by atoms with Gasteiger partial charge in [0.2, 0.25) is 0 Å². The van der Waals surface area contributed by atoms with Crippen LogP contribution in [0.15, 0.2) is 24.3 Å². The highest BCUT2D eigenvalue weighted by molar-refractivity contribution is 5.72. The van der Waals surface area contributed by atoms with Gasteiger partial charge in [0, 0.05) is 12.2 Å². The van der Waals surface area contributed by atoms with Crippen LogP contribution in [-0.4, -0.2) is 17.6 Å². The van der Waals surface area contributed by atoms with Crippen molar-refractivity contribution in [1.82, 2.24) is 0 Å². The topological polar surface area (TPSA) is 75.3 Å². The van der Waals surface area contributed by atoms with E-state index >= 15 is 0 Å². The Morgan fingerprint density at radius 1 is 1.38 bits per heavy atom. The van der Waals surface area contributed by atoms with E-state index in [1.165, 1.54) is 0 Å². The summed E-state index contributed by atoms with van der Waals surface area (Å²) in [6.07, 6.45) is 0. The minimum Gasteiger partial charge on any atom is -0.480 e. The summed E-state index contributed by atoms with van der Waals surface area (Å²) in [4.78, 5) is 10.2. The molecule has 1 aromatic rings. The molecule has 0 saturated heterocycles. The first-order valence-electron chi connectivity index (χ1n) is 3.97. The third-order valence-corrected chi connectivity index (χ3v) is 1.63. The van der Waals surface area contributed by atoms with E-state index in [1.807, 2.05) is 24.3 Å². The van der Waals surface area contributed by atoms with E-state index in [0.717, 1.165) is 11.3 Å². The fourth-order valence-corrected chi connectivity index (χ4v) is 0.936. The molecule has 1 aromatic carbocycles. The molecule has 0 aliphatic carbocycles. The fourth-order valence-electron chi connectivity index (χ4n) is 0.936. The summed E-state index contributed by atoms with van der Waals surface area (Å²) in [5.41, 5.74) is 7.23. The SMILES string of the molecule is NCc1ccc(NCC(=O)O)cc1. The maximum absolute atomic E-state index is 10.2. The summed E-state index contributed by atoms with van der Waals surface area (Å²) in [6.45, 7) is 0.432. The van der Waals surface area contributed by atoms with Gasteiger partial charge in [-0.05, 0) is 17.7 Å². The molecule has 0 spiro atoms. The first-order valence-corrected chi connectivity index (χ1v) is 3.97.